The zero-order valence-electron chi connectivity index (χ0n) is 12.1. The Morgan fingerprint density at radius 2 is 2.10 bits per heavy atom. The summed E-state index contributed by atoms with van der Waals surface area (Å²) in [6, 6.07) is 9.98. The average Bonchev–Trinajstić information content (AvgIpc) is 3.09. The number of rotatable bonds is 3. The molecule has 20 heavy (non-hydrogen) atoms. The molecule has 1 aromatic rings. The Labute approximate surface area is 121 Å². The van der Waals surface area contributed by atoms with Crippen LogP contribution in [0.15, 0.2) is 24.3 Å². The Balaban J connectivity index is 1.37. The molecule has 1 N–H and O–H groups in total. The van der Waals surface area contributed by atoms with Crippen LogP contribution in [-0.4, -0.2) is 43.2 Å². The molecular formula is C17H24N2O. The van der Waals surface area contributed by atoms with Crippen LogP contribution in [-0.2, 0) is 0 Å². The highest BCUT2D eigenvalue weighted by Gasteiger charge is 2.35. The van der Waals surface area contributed by atoms with Gasteiger partial charge in [0, 0.05) is 36.7 Å². The summed E-state index contributed by atoms with van der Waals surface area (Å²) >= 11 is 0. The largest absolute Gasteiger partial charge is 0.493 e. The molecule has 0 amide bonds. The molecule has 3 heteroatoms. The minimum absolute atomic E-state index is 0.531. The molecule has 2 saturated heterocycles. The van der Waals surface area contributed by atoms with Gasteiger partial charge >= 0.3 is 0 Å². The molecule has 3 nitrogen and oxygen atoms in total. The van der Waals surface area contributed by atoms with E-state index in [-0.39, 0.29) is 0 Å². The van der Waals surface area contributed by atoms with E-state index < -0.39 is 0 Å². The Morgan fingerprint density at radius 1 is 1.15 bits per heavy atom. The first-order valence-electron chi connectivity index (χ1n) is 8.11. The van der Waals surface area contributed by atoms with E-state index in [1.807, 2.05) is 0 Å². The summed E-state index contributed by atoms with van der Waals surface area (Å²) in [5.41, 5.74) is 1.39. The molecule has 0 aromatic heterocycles. The van der Waals surface area contributed by atoms with Crippen molar-refractivity contribution >= 4 is 0 Å². The van der Waals surface area contributed by atoms with Crippen LogP contribution in [0, 0.1) is 0 Å². The quantitative estimate of drug-likeness (QED) is 0.914. The van der Waals surface area contributed by atoms with Crippen molar-refractivity contribution in [2.75, 3.05) is 26.2 Å². The lowest BCUT2D eigenvalue weighted by atomic mass is 9.97. The number of para-hydroxylation sites is 1. The summed E-state index contributed by atoms with van der Waals surface area (Å²) in [5, 5.41) is 3.84. The Hall–Kier alpha value is -1.06. The van der Waals surface area contributed by atoms with Crippen LogP contribution in [0.25, 0.3) is 0 Å². The topological polar surface area (TPSA) is 24.5 Å². The Bertz CT molecular complexity index is 476. The highest BCUT2D eigenvalue weighted by Crippen LogP contribution is 2.33. The SMILES string of the molecule is c1ccc2c(c1)OCC2CNC1CCN2CCCCC12. The van der Waals surface area contributed by atoms with Crippen molar-refractivity contribution in [2.45, 2.75) is 43.7 Å². The van der Waals surface area contributed by atoms with Crippen LogP contribution in [0.2, 0.25) is 0 Å². The molecule has 3 heterocycles. The predicted octanol–water partition coefficient (Wildman–Crippen LogP) is 2.38. The van der Waals surface area contributed by atoms with Crippen molar-refractivity contribution in [3.8, 4) is 5.75 Å². The number of fused-ring (bicyclic) bond motifs is 2. The van der Waals surface area contributed by atoms with E-state index in [0.29, 0.717) is 12.0 Å². The van der Waals surface area contributed by atoms with Crippen LogP contribution in [0.5, 0.6) is 5.75 Å². The summed E-state index contributed by atoms with van der Waals surface area (Å²) in [6.07, 6.45) is 5.51. The molecule has 2 fully saturated rings. The van der Waals surface area contributed by atoms with E-state index in [4.69, 9.17) is 4.74 Å². The number of benzene rings is 1. The lowest BCUT2D eigenvalue weighted by molar-refractivity contribution is 0.179. The number of hydrogen-bond donors (Lipinski definition) is 1. The zero-order valence-corrected chi connectivity index (χ0v) is 12.1. The van der Waals surface area contributed by atoms with Gasteiger partial charge in [-0.25, -0.2) is 0 Å². The van der Waals surface area contributed by atoms with Crippen LogP contribution in [0.4, 0.5) is 0 Å². The predicted molar refractivity (Wildman–Crippen MR) is 80.3 cm³/mol. The average molecular weight is 272 g/mol. The third-order valence-corrected chi connectivity index (χ3v) is 5.28. The van der Waals surface area contributed by atoms with Gasteiger partial charge in [-0.3, -0.25) is 4.90 Å². The first kappa shape index (κ1) is 12.7. The maximum atomic E-state index is 5.78. The third-order valence-electron chi connectivity index (χ3n) is 5.28. The molecule has 0 bridgehead atoms. The summed E-state index contributed by atoms with van der Waals surface area (Å²) in [5.74, 6) is 1.62. The molecule has 0 aliphatic carbocycles. The normalized spacial score (nSPS) is 32.7. The van der Waals surface area contributed by atoms with Crippen molar-refractivity contribution in [2.24, 2.45) is 0 Å². The summed E-state index contributed by atoms with van der Waals surface area (Å²) in [4.78, 5) is 2.69. The molecule has 1 aromatic carbocycles. The summed E-state index contributed by atoms with van der Waals surface area (Å²) in [7, 11) is 0. The molecule has 3 atom stereocenters. The second-order valence-electron chi connectivity index (χ2n) is 6.45. The molecule has 4 rings (SSSR count). The summed E-state index contributed by atoms with van der Waals surface area (Å²) < 4.78 is 5.78. The zero-order chi connectivity index (χ0) is 13.4. The van der Waals surface area contributed by atoms with Crippen molar-refractivity contribution in [3.63, 3.8) is 0 Å². The second kappa shape index (κ2) is 5.38. The number of nitrogens with one attached hydrogen (secondary N) is 1. The summed E-state index contributed by atoms with van der Waals surface area (Å²) in [6.45, 7) is 4.51. The van der Waals surface area contributed by atoms with Crippen molar-refractivity contribution in [1.29, 1.82) is 0 Å². The van der Waals surface area contributed by atoms with Gasteiger partial charge in [-0.1, -0.05) is 24.6 Å². The lowest BCUT2D eigenvalue weighted by Crippen LogP contribution is -2.45. The molecule has 0 spiro atoms. The first-order chi connectivity index (χ1) is 9.92. The van der Waals surface area contributed by atoms with Gasteiger partial charge in [0.15, 0.2) is 0 Å². The molecule has 3 aliphatic rings. The van der Waals surface area contributed by atoms with Gasteiger partial charge < -0.3 is 10.1 Å². The Kier molecular flexibility index (Phi) is 3.41. The molecule has 3 aliphatic heterocycles. The van der Waals surface area contributed by atoms with E-state index in [2.05, 4.69) is 34.5 Å². The van der Waals surface area contributed by atoms with Crippen LogP contribution in [0.3, 0.4) is 0 Å². The highest BCUT2D eigenvalue weighted by atomic mass is 16.5. The van der Waals surface area contributed by atoms with Gasteiger partial charge in [0.1, 0.15) is 5.75 Å². The lowest BCUT2D eigenvalue weighted by Gasteiger charge is -2.33. The van der Waals surface area contributed by atoms with Crippen molar-refractivity contribution in [3.05, 3.63) is 29.8 Å². The number of nitrogens with zero attached hydrogens (tertiary/aromatic N) is 1. The van der Waals surface area contributed by atoms with Crippen molar-refractivity contribution in [1.82, 2.24) is 10.2 Å². The highest BCUT2D eigenvalue weighted by molar-refractivity contribution is 5.39. The Morgan fingerprint density at radius 3 is 3.10 bits per heavy atom. The van der Waals surface area contributed by atoms with Gasteiger partial charge in [0.05, 0.1) is 6.61 Å². The van der Waals surface area contributed by atoms with Gasteiger partial charge in [0.2, 0.25) is 0 Å². The van der Waals surface area contributed by atoms with E-state index in [1.54, 1.807) is 0 Å². The minimum Gasteiger partial charge on any atom is -0.493 e. The van der Waals surface area contributed by atoms with E-state index in [0.717, 1.165) is 24.9 Å². The third kappa shape index (κ3) is 2.23. The number of piperidine rings is 1. The van der Waals surface area contributed by atoms with Crippen LogP contribution in [0.1, 0.15) is 37.2 Å². The van der Waals surface area contributed by atoms with Gasteiger partial charge in [-0.15, -0.1) is 0 Å². The van der Waals surface area contributed by atoms with Crippen LogP contribution >= 0.6 is 0 Å². The minimum atomic E-state index is 0.531. The fourth-order valence-corrected chi connectivity index (χ4v) is 4.18. The fraction of sp³-hybridized carbons (Fsp3) is 0.647. The van der Waals surface area contributed by atoms with Gasteiger partial charge in [-0.05, 0) is 31.9 Å². The molecular weight excluding hydrogens is 248 g/mol. The van der Waals surface area contributed by atoms with Gasteiger partial charge in [0.25, 0.3) is 0 Å². The second-order valence-corrected chi connectivity index (χ2v) is 6.45. The number of hydrogen-bond acceptors (Lipinski definition) is 3. The fourth-order valence-electron chi connectivity index (χ4n) is 4.18. The molecule has 0 saturated carbocycles. The molecule has 0 radical (unpaired) electrons. The van der Waals surface area contributed by atoms with E-state index in [9.17, 15) is 0 Å². The molecule has 3 unspecified atom stereocenters. The number of ether oxygens (including phenoxy) is 1. The smallest absolute Gasteiger partial charge is 0.122 e. The maximum Gasteiger partial charge on any atom is 0.122 e. The standard InChI is InChI=1S/C17H24N2O/c1-2-7-17-14(5-1)13(12-20-17)11-18-15-8-10-19-9-4-3-6-16(15)19/h1-2,5,7,13,15-16,18H,3-4,6,8-12H2. The van der Waals surface area contributed by atoms with E-state index in [1.165, 1.54) is 44.3 Å². The van der Waals surface area contributed by atoms with E-state index >= 15 is 0 Å². The molecule has 108 valence electrons. The first-order valence-corrected chi connectivity index (χ1v) is 8.11. The van der Waals surface area contributed by atoms with Crippen molar-refractivity contribution < 1.29 is 4.74 Å². The van der Waals surface area contributed by atoms with Crippen LogP contribution < -0.4 is 10.1 Å². The van der Waals surface area contributed by atoms with Gasteiger partial charge in [-0.2, -0.15) is 0 Å². The monoisotopic (exact) mass is 272 g/mol. The maximum absolute atomic E-state index is 5.78.